The Balaban J connectivity index is 2.52. The van der Waals surface area contributed by atoms with E-state index in [-0.39, 0.29) is 0 Å². The molecule has 0 unspecified atom stereocenters. The van der Waals surface area contributed by atoms with E-state index in [4.69, 9.17) is 20.8 Å². The van der Waals surface area contributed by atoms with Gasteiger partial charge < -0.3 is 9.15 Å². The third-order valence-electron chi connectivity index (χ3n) is 2.27. The highest BCUT2D eigenvalue weighted by Crippen LogP contribution is 2.31. The number of furan rings is 1. The summed E-state index contributed by atoms with van der Waals surface area (Å²) in [7, 11) is 0. The maximum Gasteiger partial charge on any atom is 0.141 e. The van der Waals surface area contributed by atoms with E-state index in [2.05, 4.69) is 6.92 Å². The fourth-order valence-electron chi connectivity index (χ4n) is 1.54. The van der Waals surface area contributed by atoms with Crippen LogP contribution in [0, 0.1) is 0 Å². The number of aryl methyl sites for hydroxylation is 1. The highest BCUT2D eigenvalue weighted by Gasteiger charge is 2.08. The average molecular weight is 225 g/mol. The largest absolute Gasteiger partial charge is 0.492 e. The molecule has 0 amide bonds. The van der Waals surface area contributed by atoms with Gasteiger partial charge in [-0.15, -0.1) is 0 Å². The second kappa shape index (κ2) is 4.15. The van der Waals surface area contributed by atoms with Crippen molar-refractivity contribution in [3.8, 4) is 5.75 Å². The first-order valence-electron chi connectivity index (χ1n) is 5.09. The summed E-state index contributed by atoms with van der Waals surface area (Å²) in [5.74, 6) is 1.65. The summed E-state index contributed by atoms with van der Waals surface area (Å²) in [6, 6.07) is 5.74. The average Bonchev–Trinajstić information content (AvgIpc) is 2.61. The first-order chi connectivity index (χ1) is 7.24. The summed E-state index contributed by atoms with van der Waals surface area (Å²) in [5, 5.41) is 1.66. The van der Waals surface area contributed by atoms with Gasteiger partial charge in [-0.3, -0.25) is 0 Å². The van der Waals surface area contributed by atoms with Crippen molar-refractivity contribution in [1.29, 1.82) is 0 Å². The van der Waals surface area contributed by atoms with Gasteiger partial charge in [-0.1, -0.05) is 18.5 Å². The van der Waals surface area contributed by atoms with Crippen LogP contribution in [0.15, 0.2) is 22.6 Å². The Morgan fingerprint density at radius 2 is 2.07 bits per heavy atom. The Hall–Kier alpha value is -1.15. The molecule has 2 nitrogen and oxygen atoms in total. The summed E-state index contributed by atoms with van der Waals surface area (Å²) in [4.78, 5) is 0. The number of halogens is 1. The molecule has 0 aliphatic carbocycles. The first kappa shape index (κ1) is 10.4. The lowest BCUT2D eigenvalue weighted by Crippen LogP contribution is -1.91. The summed E-state index contributed by atoms with van der Waals surface area (Å²) in [6.07, 6.45) is 0.885. The number of hydrogen-bond donors (Lipinski definition) is 0. The fourth-order valence-corrected chi connectivity index (χ4v) is 1.76. The molecule has 3 heteroatoms. The Kier molecular flexibility index (Phi) is 2.87. The zero-order chi connectivity index (χ0) is 10.8. The van der Waals surface area contributed by atoms with Crippen molar-refractivity contribution in [1.82, 2.24) is 0 Å². The van der Waals surface area contributed by atoms with Crippen molar-refractivity contribution in [2.24, 2.45) is 0 Å². The van der Waals surface area contributed by atoms with Crippen LogP contribution in [0.5, 0.6) is 5.75 Å². The lowest BCUT2D eigenvalue weighted by molar-refractivity contribution is 0.340. The Labute approximate surface area is 93.8 Å². The Bertz CT molecular complexity index is 474. The second-order valence-electron chi connectivity index (χ2n) is 3.32. The molecule has 0 atom stereocenters. The zero-order valence-electron chi connectivity index (χ0n) is 8.84. The maximum atomic E-state index is 6.07. The van der Waals surface area contributed by atoms with Gasteiger partial charge in [0, 0.05) is 17.9 Å². The summed E-state index contributed by atoms with van der Waals surface area (Å²) < 4.78 is 11.0. The minimum Gasteiger partial charge on any atom is -0.492 e. The molecule has 80 valence electrons. The molecule has 0 bridgehead atoms. The number of ether oxygens (including phenoxy) is 1. The monoisotopic (exact) mass is 224 g/mol. The molecule has 0 saturated carbocycles. The fraction of sp³-hybridized carbons (Fsp3) is 0.333. The van der Waals surface area contributed by atoms with E-state index in [1.807, 2.05) is 25.1 Å². The molecule has 2 rings (SSSR count). The molecule has 2 aromatic rings. The highest BCUT2D eigenvalue weighted by atomic mass is 35.5. The van der Waals surface area contributed by atoms with Crippen LogP contribution in [0.4, 0.5) is 0 Å². The number of benzene rings is 1. The molecule has 1 aromatic heterocycles. The standard InChI is InChI=1S/C12H13ClO2/c1-3-9-5-8-6-10(13)12(14-4-2)7-11(8)15-9/h5-7H,3-4H2,1-2H3. The van der Waals surface area contributed by atoms with E-state index in [0.29, 0.717) is 17.4 Å². The molecule has 0 radical (unpaired) electrons. The van der Waals surface area contributed by atoms with Crippen molar-refractivity contribution < 1.29 is 9.15 Å². The normalized spacial score (nSPS) is 10.9. The van der Waals surface area contributed by atoms with Crippen molar-refractivity contribution in [2.75, 3.05) is 6.61 Å². The summed E-state index contributed by atoms with van der Waals surface area (Å²) in [5.41, 5.74) is 0.833. The van der Waals surface area contributed by atoms with Crippen molar-refractivity contribution in [2.45, 2.75) is 20.3 Å². The maximum absolute atomic E-state index is 6.07. The number of hydrogen-bond acceptors (Lipinski definition) is 2. The number of rotatable bonds is 3. The van der Waals surface area contributed by atoms with E-state index in [0.717, 1.165) is 23.2 Å². The quantitative estimate of drug-likeness (QED) is 0.785. The van der Waals surface area contributed by atoms with Crippen LogP contribution in [0.1, 0.15) is 19.6 Å². The molecule has 0 saturated heterocycles. The van der Waals surface area contributed by atoms with Crippen LogP contribution in [-0.2, 0) is 6.42 Å². The lowest BCUT2D eigenvalue weighted by atomic mass is 10.2. The first-order valence-corrected chi connectivity index (χ1v) is 5.47. The SMILES string of the molecule is CCOc1cc2oc(CC)cc2cc1Cl. The summed E-state index contributed by atoms with van der Waals surface area (Å²) >= 11 is 6.07. The van der Waals surface area contributed by atoms with Gasteiger partial charge in [0.1, 0.15) is 17.1 Å². The van der Waals surface area contributed by atoms with E-state index in [1.54, 1.807) is 0 Å². The molecule has 0 N–H and O–H groups in total. The van der Waals surface area contributed by atoms with Crippen LogP contribution >= 0.6 is 11.6 Å². The topological polar surface area (TPSA) is 22.4 Å². The van der Waals surface area contributed by atoms with E-state index in [9.17, 15) is 0 Å². The molecule has 15 heavy (non-hydrogen) atoms. The third kappa shape index (κ3) is 1.95. The Morgan fingerprint density at radius 3 is 2.73 bits per heavy atom. The molecular formula is C12H13ClO2. The predicted molar refractivity (Wildman–Crippen MR) is 61.8 cm³/mol. The van der Waals surface area contributed by atoms with Gasteiger partial charge in [0.15, 0.2) is 0 Å². The van der Waals surface area contributed by atoms with Crippen LogP contribution in [-0.4, -0.2) is 6.61 Å². The van der Waals surface area contributed by atoms with Gasteiger partial charge in [-0.2, -0.15) is 0 Å². The minimum absolute atomic E-state index is 0.604. The van der Waals surface area contributed by atoms with Gasteiger partial charge in [0.2, 0.25) is 0 Å². The van der Waals surface area contributed by atoms with Crippen molar-refractivity contribution in [3.63, 3.8) is 0 Å². The van der Waals surface area contributed by atoms with Crippen molar-refractivity contribution >= 4 is 22.6 Å². The number of fused-ring (bicyclic) bond motifs is 1. The van der Waals surface area contributed by atoms with Crippen molar-refractivity contribution in [3.05, 3.63) is 29.0 Å². The molecule has 0 spiro atoms. The highest BCUT2D eigenvalue weighted by molar-refractivity contribution is 6.32. The van der Waals surface area contributed by atoms with Crippen LogP contribution in [0.25, 0.3) is 11.0 Å². The van der Waals surface area contributed by atoms with E-state index >= 15 is 0 Å². The van der Waals surface area contributed by atoms with Gasteiger partial charge in [0.05, 0.1) is 11.6 Å². The van der Waals surface area contributed by atoms with E-state index < -0.39 is 0 Å². The Morgan fingerprint density at radius 1 is 1.27 bits per heavy atom. The molecule has 0 aliphatic heterocycles. The third-order valence-corrected chi connectivity index (χ3v) is 2.57. The minimum atomic E-state index is 0.604. The lowest BCUT2D eigenvalue weighted by Gasteiger charge is -2.04. The van der Waals surface area contributed by atoms with Gasteiger partial charge in [-0.25, -0.2) is 0 Å². The van der Waals surface area contributed by atoms with E-state index in [1.165, 1.54) is 0 Å². The molecule has 1 heterocycles. The van der Waals surface area contributed by atoms with Crippen LogP contribution < -0.4 is 4.74 Å². The molecule has 1 aromatic carbocycles. The summed E-state index contributed by atoms with van der Waals surface area (Å²) in [6.45, 7) is 4.59. The molecule has 0 aliphatic rings. The predicted octanol–water partition coefficient (Wildman–Crippen LogP) is 4.05. The second-order valence-corrected chi connectivity index (χ2v) is 3.73. The zero-order valence-corrected chi connectivity index (χ0v) is 9.60. The molecular weight excluding hydrogens is 212 g/mol. The van der Waals surface area contributed by atoms with Crippen LogP contribution in [0.2, 0.25) is 5.02 Å². The van der Waals surface area contributed by atoms with Crippen LogP contribution in [0.3, 0.4) is 0 Å². The van der Waals surface area contributed by atoms with Gasteiger partial charge in [-0.05, 0) is 19.1 Å². The smallest absolute Gasteiger partial charge is 0.141 e. The van der Waals surface area contributed by atoms with Gasteiger partial charge in [0.25, 0.3) is 0 Å². The van der Waals surface area contributed by atoms with Gasteiger partial charge >= 0.3 is 0 Å². The molecule has 0 fully saturated rings.